The third kappa shape index (κ3) is 1.75. The molecule has 0 aliphatic heterocycles. The summed E-state index contributed by atoms with van der Waals surface area (Å²) in [5, 5.41) is 19.2. The van der Waals surface area contributed by atoms with Crippen LogP contribution in [0, 0.1) is 10.1 Å². The molecule has 9 heteroatoms. The predicted octanol–water partition coefficient (Wildman–Crippen LogP) is 0.935. The van der Waals surface area contributed by atoms with Gasteiger partial charge in [-0.2, -0.15) is 0 Å². The Morgan fingerprint density at radius 2 is 2.31 bits per heavy atom. The molecule has 0 radical (unpaired) electrons. The second-order valence-electron chi connectivity index (χ2n) is 2.71. The summed E-state index contributed by atoms with van der Waals surface area (Å²) >= 11 is 0.839. The van der Waals surface area contributed by atoms with Gasteiger partial charge in [-0.25, -0.2) is 14.8 Å². The Balaban J connectivity index is 2.35. The van der Waals surface area contributed by atoms with Gasteiger partial charge in [0.2, 0.25) is 5.13 Å². The van der Waals surface area contributed by atoms with Gasteiger partial charge in [0.1, 0.15) is 12.5 Å². The molecule has 0 aliphatic rings. The molecule has 1 N–H and O–H groups in total. The molecule has 2 heterocycles. The molecule has 0 atom stereocenters. The first-order valence-electron chi connectivity index (χ1n) is 3.96. The fraction of sp³-hybridized carbons (Fsp3) is 0. The highest BCUT2D eigenvalue weighted by Gasteiger charge is 2.14. The molecule has 0 saturated heterocycles. The van der Waals surface area contributed by atoms with E-state index in [2.05, 4.69) is 9.97 Å². The van der Waals surface area contributed by atoms with Crippen molar-refractivity contribution in [2.45, 2.75) is 0 Å². The Hall–Kier alpha value is -2.29. The van der Waals surface area contributed by atoms with Crippen LogP contribution in [0.25, 0.3) is 5.13 Å². The molecule has 0 unspecified atom stereocenters. The van der Waals surface area contributed by atoms with Gasteiger partial charge < -0.3 is 5.11 Å². The molecule has 2 aromatic heterocycles. The van der Waals surface area contributed by atoms with E-state index in [1.165, 1.54) is 17.1 Å². The lowest BCUT2D eigenvalue weighted by atomic mass is 10.5. The number of imidazole rings is 1. The van der Waals surface area contributed by atoms with E-state index < -0.39 is 10.9 Å². The molecule has 16 heavy (non-hydrogen) atoms. The molecule has 0 aliphatic carbocycles. The summed E-state index contributed by atoms with van der Waals surface area (Å²) in [6, 6.07) is 0. The highest BCUT2D eigenvalue weighted by Crippen LogP contribution is 2.23. The van der Waals surface area contributed by atoms with E-state index in [4.69, 9.17) is 5.11 Å². The number of nitrogens with zero attached hydrogens (tertiary/aromatic N) is 4. The maximum absolute atomic E-state index is 10.6. The van der Waals surface area contributed by atoms with E-state index in [1.54, 1.807) is 0 Å². The van der Waals surface area contributed by atoms with E-state index in [1.807, 2.05) is 0 Å². The zero-order valence-corrected chi connectivity index (χ0v) is 8.42. The smallest absolute Gasteiger partial charge is 0.356 e. The molecular formula is C7H4N4O4S. The quantitative estimate of drug-likeness (QED) is 0.631. The van der Waals surface area contributed by atoms with Crippen LogP contribution in [-0.4, -0.2) is 30.5 Å². The average molecular weight is 240 g/mol. The van der Waals surface area contributed by atoms with Crippen LogP contribution in [0.5, 0.6) is 0 Å². The van der Waals surface area contributed by atoms with Gasteiger partial charge in [-0.15, -0.1) is 0 Å². The van der Waals surface area contributed by atoms with Crippen LogP contribution in [-0.2, 0) is 0 Å². The van der Waals surface area contributed by atoms with Crippen molar-refractivity contribution in [1.82, 2.24) is 14.5 Å². The van der Waals surface area contributed by atoms with Crippen molar-refractivity contribution in [3.8, 4) is 5.13 Å². The van der Waals surface area contributed by atoms with Crippen molar-refractivity contribution in [3.05, 3.63) is 34.5 Å². The SMILES string of the molecule is O=C(O)c1cn(-c2ncc([N+](=O)[O-])s2)cn1. The van der Waals surface area contributed by atoms with Crippen molar-refractivity contribution in [1.29, 1.82) is 0 Å². The number of aromatic carboxylic acids is 1. The molecule has 0 fully saturated rings. The van der Waals surface area contributed by atoms with Crippen molar-refractivity contribution in [2.75, 3.05) is 0 Å². The second-order valence-corrected chi connectivity index (χ2v) is 3.70. The Kier molecular flexibility index (Phi) is 2.37. The number of hydrogen-bond acceptors (Lipinski definition) is 6. The summed E-state index contributed by atoms with van der Waals surface area (Å²) < 4.78 is 1.32. The first kappa shape index (κ1) is 10.2. The highest BCUT2D eigenvalue weighted by molar-refractivity contribution is 7.17. The lowest BCUT2D eigenvalue weighted by molar-refractivity contribution is -0.380. The number of carboxylic acid groups (broad SMARTS) is 1. The maximum Gasteiger partial charge on any atom is 0.356 e. The zero-order chi connectivity index (χ0) is 11.7. The Labute approximate surface area is 92.0 Å². The summed E-state index contributed by atoms with van der Waals surface area (Å²) in [7, 11) is 0. The summed E-state index contributed by atoms with van der Waals surface area (Å²) in [4.78, 5) is 27.8. The lowest BCUT2D eigenvalue weighted by Crippen LogP contribution is -1.95. The molecule has 0 bridgehead atoms. The molecule has 0 spiro atoms. The Bertz CT molecular complexity index is 510. The van der Waals surface area contributed by atoms with Crippen molar-refractivity contribution in [2.24, 2.45) is 0 Å². The normalized spacial score (nSPS) is 10.2. The molecular weight excluding hydrogens is 236 g/mol. The van der Waals surface area contributed by atoms with Crippen LogP contribution in [0.2, 0.25) is 0 Å². The number of nitro groups is 1. The number of hydrogen-bond donors (Lipinski definition) is 1. The van der Waals surface area contributed by atoms with Gasteiger partial charge in [0, 0.05) is 6.20 Å². The maximum atomic E-state index is 10.6. The first-order valence-corrected chi connectivity index (χ1v) is 4.77. The third-order valence-electron chi connectivity index (χ3n) is 1.68. The minimum absolute atomic E-state index is 0.111. The molecule has 2 rings (SSSR count). The minimum Gasteiger partial charge on any atom is -0.476 e. The van der Waals surface area contributed by atoms with Crippen molar-refractivity contribution in [3.63, 3.8) is 0 Å². The van der Waals surface area contributed by atoms with Crippen molar-refractivity contribution < 1.29 is 14.8 Å². The minimum atomic E-state index is -1.16. The van der Waals surface area contributed by atoms with Gasteiger partial charge in [-0.1, -0.05) is 0 Å². The average Bonchev–Trinajstić information content (AvgIpc) is 2.86. The van der Waals surface area contributed by atoms with E-state index in [9.17, 15) is 14.9 Å². The van der Waals surface area contributed by atoms with E-state index in [0.29, 0.717) is 5.13 Å². The van der Waals surface area contributed by atoms with Crippen LogP contribution in [0.3, 0.4) is 0 Å². The molecule has 82 valence electrons. The second kappa shape index (κ2) is 3.70. The van der Waals surface area contributed by atoms with Crippen LogP contribution >= 0.6 is 11.3 Å². The number of thiazole rings is 1. The van der Waals surface area contributed by atoms with Gasteiger partial charge in [-0.3, -0.25) is 14.7 Å². The van der Waals surface area contributed by atoms with Gasteiger partial charge in [-0.05, 0) is 11.3 Å². The van der Waals surface area contributed by atoms with Crippen LogP contribution in [0.15, 0.2) is 18.7 Å². The molecule has 0 saturated carbocycles. The fourth-order valence-corrected chi connectivity index (χ4v) is 1.68. The standard InChI is InChI=1S/C7H4N4O4S/c12-6(13)4-2-10(3-9-4)7-8-1-5(16-7)11(14)15/h1-3H,(H,12,13). The Morgan fingerprint density at radius 1 is 1.56 bits per heavy atom. The van der Waals surface area contributed by atoms with Gasteiger partial charge in [0.05, 0.1) is 4.92 Å². The fourth-order valence-electron chi connectivity index (χ4n) is 0.998. The number of carboxylic acids is 1. The summed E-state index contributed by atoms with van der Waals surface area (Å²) in [6.45, 7) is 0. The third-order valence-corrected chi connectivity index (χ3v) is 2.65. The Morgan fingerprint density at radius 3 is 2.81 bits per heavy atom. The highest BCUT2D eigenvalue weighted by atomic mass is 32.1. The summed E-state index contributed by atoms with van der Waals surface area (Å²) in [6.07, 6.45) is 3.59. The lowest BCUT2D eigenvalue weighted by Gasteiger charge is -1.90. The molecule has 2 aromatic rings. The summed E-state index contributed by atoms with van der Waals surface area (Å²) in [5.74, 6) is -1.16. The van der Waals surface area contributed by atoms with Crippen molar-refractivity contribution >= 4 is 22.3 Å². The van der Waals surface area contributed by atoms with Crippen LogP contribution < -0.4 is 0 Å². The van der Waals surface area contributed by atoms with E-state index >= 15 is 0 Å². The number of carbonyl (C=O) groups is 1. The first-order chi connectivity index (χ1) is 7.58. The monoisotopic (exact) mass is 240 g/mol. The van der Waals surface area contributed by atoms with Gasteiger partial charge in [0.15, 0.2) is 5.69 Å². The van der Waals surface area contributed by atoms with E-state index in [0.717, 1.165) is 17.5 Å². The zero-order valence-electron chi connectivity index (χ0n) is 7.60. The largest absolute Gasteiger partial charge is 0.476 e. The molecule has 0 amide bonds. The van der Waals surface area contributed by atoms with Crippen LogP contribution in [0.4, 0.5) is 5.00 Å². The van der Waals surface area contributed by atoms with Gasteiger partial charge >= 0.3 is 11.0 Å². The molecule has 8 nitrogen and oxygen atoms in total. The van der Waals surface area contributed by atoms with Gasteiger partial charge in [0.25, 0.3) is 0 Å². The predicted molar refractivity (Wildman–Crippen MR) is 52.8 cm³/mol. The van der Waals surface area contributed by atoms with Crippen LogP contribution in [0.1, 0.15) is 10.5 Å². The number of rotatable bonds is 3. The summed E-state index contributed by atoms with van der Waals surface area (Å²) in [5.41, 5.74) is -0.141. The van der Waals surface area contributed by atoms with E-state index in [-0.39, 0.29) is 10.7 Å². The topological polar surface area (TPSA) is 111 Å². The number of aromatic nitrogens is 3. The molecule has 0 aromatic carbocycles.